The van der Waals surface area contributed by atoms with Gasteiger partial charge in [0.05, 0.1) is 27.4 Å². The smallest absolute Gasteiger partial charge is 0.318 e. The first-order chi connectivity index (χ1) is 18.7. The number of ether oxygens (including phenoxy) is 2. The van der Waals surface area contributed by atoms with Crippen LogP contribution in [0.25, 0.3) is 6.08 Å². The SMILES string of the molecule is CCOc1cc(/C=C2\SC(=S)N(NC(=O)c3ccccc3)C2=O)ccc1Oc1ccc([N+](=O)[O-])cc1[N+](=O)[O-]. The minimum absolute atomic E-state index is 0.119. The van der Waals surface area contributed by atoms with Crippen molar-refractivity contribution in [2.24, 2.45) is 0 Å². The molecule has 3 aromatic rings. The molecule has 1 aliphatic rings. The summed E-state index contributed by atoms with van der Waals surface area (Å²) in [6.45, 7) is 1.96. The van der Waals surface area contributed by atoms with Gasteiger partial charge in [-0.3, -0.25) is 35.2 Å². The minimum Gasteiger partial charge on any atom is -0.490 e. The number of hydrogen-bond donors (Lipinski definition) is 1. The highest BCUT2D eigenvalue weighted by Crippen LogP contribution is 2.39. The van der Waals surface area contributed by atoms with Gasteiger partial charge in [0.2, 0.25) is 5.75 Å². The normalized spacial score (nSPS) is 13.9. The van der Waals surface area contributed by atoms with Gasteiger partial charge in [0.15, 0.2) is 15.8 Å². The number of carbonyl (C=O) groups excluding carboxylic acids is 2. The Morgan fingerprint density at radius 2 is 1.74 bits per heavy atom. The lowest BCUT2D eigenvalue weighted by molar-refractivity contribution is -0.394. The minimum atomic E-state index is -0.782. The van der Waals surface area contributed by atoms with E-state index in [-0.39, 0.29) is 33.1 Å². The molecule has 1 fully saturated rings. The molecule has 4 rings (SSSR count). The van der Waals surface area contributed by atoms with Gasteiger partial charge >= 0.3 is 5.69 Å². The molecule has 39 heavy (non-hydrogen) atoms. The van der Waals surface area contributed by atoms with Crippen molar-refractivity contribution in [2.45, 2.75) is 6.92 Å². The molecule has 0 spiro atoms. The van der Waals surface area contributed by atoms with E-state index in [1.54, 1.807) is 55.5 Å². The van der Waals surface area contributed by atoms with Crippen LogP contribution in [0.5, 0.6) is 17.2 Å². The fourth-order valence-corrected chi connectivity index (χ4v) is 4.58. The lowest BCUT2D eigenvalue weighted by atomic mass is 10.1. The van der Waals surface area contributed by atoms with Gasteiger partial charge in [0, 0.05) is 11.6 Å². The second kappa shape index (κ2) is 11.7. The number of hydrazine groups is 1. The van der Waals surface area contributed by atoms with Crippen LogP contribution >= 0.6 is 24.0 Å². The van der Waals surface area contributed by atoms with Crippen LogP contribution in [0.1, 0.15) is 22.8 Å². The van der Waals surface area contributed by atoms with Crippen LogP contribution in [0, 0.1) is 20.2 Å². The predicted octanol–water partition coefficient (Wildman–Crippen LogP) is 5.24. The van der Waals surface area contributed by atoms with Crippen molar-refractivity contribution in [1.29, 1.82) is 0 Å². The summed E-state index contributed by atoms with van der Waals surface area (Å²) in [7, 11) is 0. The highest BCUT2D eigenvalue weighted by molar-refractivity contribution is 8.26. The predicted molar refractivity (Wildman–Crippen MR) is 146 cm³/mol. The number of thiocarbonyl (C=S) groups is 1. The van der Waals surface area contributed by atoms with Gasteiger partial charge in [0.25, 0.3) is 17.5 Å². The van der Waals surface area contributed by atoms with E-state index in [4.69, 9.17) is 21.7 Å². The van der Waals surface area contributed by atoms with Crippen molar-refractivity contribution in [2.75, 3.05) is 6.61 Å². The second-order valence-corrected chi connectivity index (χ2v) is 9.41. The zero-order valence-electron chi connectivity index (χ0n) is 20.1. The molecule has 0 radical (unpaired) electrons. The summed E-state index contributed by atoms with van der Waals surface area (Å²) >= 11 is 6.27. The van der Waals surface area contributed by atoms with Crippen molar-refractivity contribution in [1.82, 2.24) is 10.4 Å². The molecular weight excluding hydrogens is 548 g/mol. The van der Waals surface area contributed by atoms with Crippen molar-refractivity contribution in [3.8, 4) is 17.2 Å². The summed E-state index contributed by atoms with van der Waals surface area (Å²) in [5.74, 6) is -0.891. The van der Waals surface area contributed by atoms with Crippen molar-refractivity contribution in [3.63, 3.8) is 0 Å². The van der Waals surface area contributed by atoms with Crippen molar-refractivity contribution in [3.05, 3.63) is 103 Å². The molecule has 2 amide bonds. The van der Waals surface area contributed by atoms with Crippen LogP contribution < -0.4 is 14.9 Å². The molecule has 12 nitrogen and oxygen atoms in total. The zero-order valence-corrected chi connectivity index (χ0v) is 21.7. The highest BCUT2D eigenvalue weighted by Gasteiger charge is 2.34. The first-order valence-electron chi connectivity index (χ1n) is 11.2. The Morgan fingerprint density at radius 3 is 2.41 bits per heavy atom. The van der Waals surface area contributed by atoms with Crippen molar-refractivity contribution >= 4 is 57.6 Å². The number of amides is 2. The summed E-state index contributed by atoms with van der Waals surface area (Å²) in [6, 6.07) is 16.0. The molecule has 198 valence electrons. The van der Waals surface area contributed by atoms with E-state index in [2.05, 4.69) is 5.43 Å². The second-order valence-electron chi connectivity index (χ2n) is 7.73. The maximum Gasteiger partial charge on any atom is 0.318 e. The van der Waals surface area contributed by atoms with E-state index in [1.165, 1.54) is 6.07 Å². The van der Waals surface area contributed by atoms with Crippen LogP contribution in [-0.4, -0.2) is 37.6 Å². The highest BCUT2D eigenvalue weighted by atomic mass is 32.2. The van der Waals surface area contributed by atoms with E-state index in [0.29, 0.717) is 11.1 Å². The largest absolute Gasteiger partial charge is 0.490 e. The van der Waals surface area contributed by atoms with Crippen LogP contribution in [0.3, 0.4) is 0 Å². The number of nitrogens with zero attached hydrogens (tertiary/aromatic N) is 3. The number of hydrogen-bond acceptors (Lipinski definition) is 10. The van der Waals surface area contributed by atoms with E-state index in [0.717, 1.165) is 35.0 Å². The summed E-state index contributed by atoms with van der Waals surface area (Å²) in [5.41, 5.74) is 2.35. The van der Waals surface area contributed by atoms with Crippen LogP contribution in [0.4, 0.5) is 11.4 Å². The van der Waals surface area contributed by atoms with Gasteiger partial charge in [0.1, 0.15) is 0 Å². The van der Waals surface area contributed by atoms with E-state index in [1.807, 2.05) is 0 Å². The van der Waals surface area contributed by atoms with Crippen LogP contribution in [0.15, 0.2) is 71.6 Å². The number of carbonyl (C=O) groups is 2. The maximum absolute atomic E-state index is 12.9. The molecule has 0 unspecified atom stereocenters. The Morgan fingerprint density at radius 1 is 1.03 bits per heavy atom. The zero-order chi connectivity index (χ0) is 28.1. The molecule has 0 aliphatic carbocycles. The Bertz CT molecular complexity index is 1530. The number of non-ortho nitro benzene ring substituents is 1. The first-order valence-corrected chi connectivity index (χ1v) is 12.4. The molecule has 0 atom stereocenters. The third kappa shape index (κ3) is 6.19. The first kappa shape index (κ1) is 27.2. The fraction of sp³-hybridized carbons (Fsp3) is 0.0800. The molecular formula is C25H18N4O8S2. The van der Waals surface area contributed by atoms with E-state index in [9.17, 15) is 29.8 Å². The molecule has 0 bridgehead atoms. The Balaban J connectivity index is 1.58. The molecule has 1 N–H and O–H groups in total. The Kier molecular flexibility index (Phi) is 8.17. The molecule has 1 saturated heterocycles. The van der Waals surface area contributed by atoms with Gasteiger partial charge in [-0.25, -0.2) is 0 Å². The number of thioether (sulfide) groups is 1. The topological polar surface area (TPSA) is 154 Å². The third-order valence-electron chi connectivity index (χ3n) is 5.18. The van der Waals surface area contributed by atoms with Gasteiger partial charge in [-0.15, -0.1) is 0 Å². The number of rotatable bonds is 9. The number of nitrogens with one attached hydrogen (secondary N) is 1. The van der Waals surface area contributed by atoms with Gasteiger partial charge in [-0.05, 0) is 61.1 Å². The van der Waals surface area contributed by atoms with Gasteiger partial charge in [-0.1, -0.05) is 36.0 Å². The summed E-state index contributed by atoms with van der Waals surface area (Å²) < 4.78 is 11.5. The van der Waals surface area contributed by atoms with Crippen molar-refractivity contribution < 1.29 is 28.9 Å². The molecule has 14 heteroatoms. The molecule has 0 saturated carbocycles. The van der Waals surface area contributed by atoms with E-state index >= 15 is 0 Å². The molecule has 3 aromatic carbocycles. The molecule has 1 heterocycles. The summed E-state index contributed by atoms with van der Waals surface area (Å²) in [5, 5.41) is 23.5. The number of benzene rings is 3. The quantitative estimate of drug-likeness (QED) is 0.157. The average molecular weight is 567 g/mol. The fourth-order valence-electron chi connectivity index (χ4n) is 3.40. The lowest BCUT2D eigenvalue weighted by Gasteiger charge is -2.15. The van der Waals surface area contributed by atoms with E-state index < -0.39 is 33.0 Å². The maximum atomic E-state index is 12.9. The standard InChI is InChI=1S/C25H18N4O8S2/c1-2-36-21-12-15(8-10-20(21)37-19-11-9-17(28(32)33)14-18(19)29(34)35)13-22-24(31)27(25(38)39-22)26-23(30)16-6-4-3-5-7-16/h3-14H,2H2,1H3,(H,26,30)/b22-13-. The Hall–Kier alpha value is -4.82. The molecule has 1 aliphatic heterocycles. The summed E-state index contributed by atoms with van der Waals surface area (Å²) in [6.07, 6.45) is 1.55. The lowest BCUT2D eigenvalue weighted by Crippen LogP contribution is -2.44. The Labute approximate surface area is 230 Å². The number of nitro benzene ring substituents is 2. The summed E-state index contributed by atoms with van der Waals surface area (Å²) in [4.78, 5) is 46.6. The molecule has 0 aromatic heterocycles. The van der Waals surface area contributed by atoms with Gasteiger partial charge < -0.3 is 9.47 Å². The van der Waals surface area contributed by atoms with Crippen LogP contribution in [-0.2, 0) is 4.79 Å². The average Bonchev–Trinajstić information content (AvgIpc) is 3.17. The monoisotopic (exact) mass is 566 g/mol. The van der Waals surface area contributed by atoms with Gasteiger partial charge in [-0.2, -0.15) is 5.01 Å². The third-order valence-corrected chi connectivity index (χ3v) is 6.48. The van der Waals surface area contributed by atoms with Crippen LogP contribution in [0.2, 0.25) is 0 Å². The number of nitro groups is 2.